The molecule has 1 N–H and O–H groups in total. The highest BCUT2D eigenvalue weighted by molar-refractivity contribution is 8.04. The lowest BCUT2D eigenvalue weighted by Gasteiger charge is -2.16. The van der Waals surface area contributed by atoms with E-state index >= 15 is 0 Å². The molecule has 0 aliphatic carbocycles. The molecule has 0 saturated heterocycles. The molecule has 148 valence electrons. The minimum Gasteiger partial charge on any atom is -0.491 e. The summed E-state index contributed by atoms with van der Waals surface area (Å²) in [7, 11) is 0. The van der Waals surface area contributed by atoms with Crippen LogP contribution >= 0.6 is 11.8 Å². The minimum atomic E-state index is -0.330. The number of carbonyl (C=O) groups excluding carboxylic acids is 2. The Balaban J connectivity index is 2.26. The Kier molecular flexibility index (Phi) is 7.89. The Labute approximate surface area is 164 Å². The molecular weight excluding hydrogens is 366 g/mol. The zero-order chi connectivity index (χ0) is 20.0. The average molecular weight is 394 g/mol. The smallest absolute Gasteiger partial charge is 0.268 e. The predicted molar refractivity (Wildman–Crippen MR) is 106 cm³/mol. The van der Waals surface area contributed by atoms with Crippen LogP contribution < -0.4 is 4.74 Å². The molecule has 0 atom stereocenters. The van der Waals surface area contributed by atoms with Crippen molar-refractivity contribution in [2.45, 2.75) is 39.9 Å². The van der Waals surface area contributed by atoms with Crippen molar-refractivity contribution in [2.75, 3.05) is 25.5 Å². The SMILES string of the molecule is CC(C)OCCN1C(=O)C(SCCO)=C(c2ccc(OC(C)C)cc2)C1=O. The monoisotopic (exact) mass is 393 g/mol. The van der Waals surface area contributed by atoms with E-state index in [9.17, 15) is 9.59 Å². The molecule has 0 unspecified atom stereocenters. The van der Waals surface area contributed by atoms with Gasteiger partial charge >= 0.3 is 0 Å². The van der Waals surface area contributed by atoms with Gasteiger partial charge in [0.2, 0.25) is 0 Å². The van der Waals surface area contributed by atoms with E-state index < -0.39 is 0 Å². The van der Waals surface area contributed by atoms with Crippen LogP contribution in [0.3, 0.4) is 0 Å². The lowest BCUT2D eigenvalue weighted by molar-refractivity contribution is -0.137. The maximum atomic E-state index is 12.9. The Morgan fingerprint density at radius 2 is 1.70 bits per heavy atom. The van der Waals surface area contributed by atoms with Crippen LogP contribution in [0.1, 0.15) is 33.3 Å². The van der Waals surface area contributed by atoms with Crippen molar-refractivity contribution in [3.63, 3.8) is 0 Å². The molecule has 0 aromatic heterocycles. The fraction of sp³-hybridized carbons (Fsp3) is 0.500. The van der Waals surface area contributed by atoms with Crippen molar-refractivity contribution < 1.29 is 24.2 Å². The zero-order valence-corrected chi connectivity index (χ0v) is 17.0. The van der Waals surface area contributed by atoms with Gasteiger partial charge in [0.1, 0.15) is 5.75 Å². The lowest BCUT2D eigenvalue weighted by Crippen LogP contribution is -2.35. The summed E-state index contributed by atoms with van der Waals surface area (Å²) < 4.78 is 11.1. The van der Waals surface area contributed by atoms with Crippen LogP contribution in [-0.4, -0.2) is 59.5 Å². The van der Waals surface area contributed by atoms with Gasteiger partial charge in [-0.3, -0.25) is 14.5 Å². The fourth-order valence-electron chi connectivity index (χ4n) is 2.65. The van der Waals surface area contributed by atoms with Crippen molar-refractivity contribution >= 4 is 29.1 Å². The topological polar surface area (TPSA) is 76.1 Å². The van der Waals surface area contributed by atoms with E-state index in [4.69, 9.17) is 14.6 Å². The number of rotatable bonds is 10. The summed E-state index contributed by atoms with van der Waals surface area (Å²) in [5, 5.41) is 9.13. The molecule has 1 aliphatic heterocycles. The maximum absolute atomic E-state index is 12.9. The van der Waals surface area contributed by atoms with Gasteiger partial charge in [-0.2, -0.15) is 0 Å². The van der Waals surface area contributed by atoms with E-state index in [0.717, 1.165) is 0 Å². The molecule has 1 aromatic rings. The lowest BCUT2D eigenvalue weighted by atomic mass is 10.1. The highest BCUT2D eigenvalue weighted by Crippen LogP contribution is 2.36. The molecule has 2 amide bonds. The van der Waals surface area contributed by atoms with Crippen molar-refractivity contribution in [3.05, 3.63) is 34.7 Å². The first-order valence-corrected chi connectivity index (χ1v) is 10.1. The van der Waals surface area contributed by atoms with Crippen LogP contribution in [0.5, 0.6) is 5.75 Å². The maximum Gasteiger partial charge on any atom is 0.268 e. The van der Waals surface area contributed by atoms with Crippen molar-refractivity contribution in [3.8, 4) is 5.75 Å². The molecule has 1 heterocycles. The predicted octanol–water partition coefficient (Wildman–Crippen LogP) is 2.70. The molecule has 0 spiro atoms. The standard InChI is InChI=1S/C20H27NO5S/c1-13(2)25-11-9-21-19(23)17(18(20(21)24)27-12-10-22)15-5-7-16(8-6-15)26-14(3)4/h5-8,13-14,22H,9-12H2,1-4H3. The van der Waals surface area contributed by atoms with Gasteiger partial charge in [0.05, 0.1) is 42.4 Å². The quantitative estimate of drug-likeness (QED) is 0.616. The van der Waals surface area contributed by atoms with E-state index in [1.54, 1.807) is 24.3 Å². The first-order chi connectivity index (χ1) is 12.8. The molecule has 27 heavy (non-hydrogen) atoms. The van der Waals surface area contributed by atoms with Gasteiger partial charge < -0.3 is 14.6 Å². The number of imide groups is 1. The third-order valence-corrected chi connectivity index (χ3v) is 4.80. The number of carbonyl (C=O) groups is 2. The van der Waals surface area contributed by atoms with E-state index in [0.29, 0.717) is 34.2 Å². The van der Waals surface area contributed by atoms with E-state index in [1.807, 2.05) is 27.7 Å². The first-order valence-electron chi connectivity index (χ1n) is 9.08. The summed E-state index contributed by atoms with van der Waals surface area (Å²) in [5.41, 5.74) is 1.04. The highest BCUT2D eigenvalue weighted by Gasteiger charge is 2.38. The summed E-state index contributed by atoms with van der Waals surface area (Å²) in [6.45, 7) is 8.12. The zero-order valence-electron chi connectivity index (χ0n) is 16.2. The first kappa shape index (κ1) is 21.5. The molecule has 0 fully saturated rings. The number of aliphatic hydroxyl groups is 1. The third kappa shape index (κ3) is 5.57. The van der Waals surface area contributed by atoms with Crippen LogP contribution in [0.4, 0.5) is 0 Å². The number of aliphatic hydroxyl groups excluding tert-OH is 1. The molecule has 0 bridgehead atoms. The number of benzene rings is 1. The summed E-state index contributed by atoms with van der Waals surface area (Å²) in [6, 6.07) is 7.15. The summed E-state index contributed by atoms with van der Waals surface area (Å²) in [5.74, 6) is 0.398. The molecule has 1 aliphatic rings. The van der Waals surface area contributed by atoms with Crippen molar-refractivity contribution in [1.82, 2.24) is 4.90 Å². The van der Waals surface area contributed by atoms with E-state index in [-0.39, 0.29) is 37.2 Å². The third-order valence-electron chi connectivity index (χ3n) is 3.74. The second-order valence-corrected chi connectivity index (χ2v) is 7.75. The largest absolute Gasteiger partial charge is 0.491 e. The molecule has 0 radical (unpaired) electrons. The Morgan fingerprint density at radius 1 is 1.04 bits per heavy atom. The molecule has 7 heteroatoms. The van der Waals surface area contributed by atoms with Crippen LogP contribution in [0.25, 0.3) is 5.57 Å². The second-order valence-electron chi connectivity index (χ2n) is 6.65. The molecule has 0 saturated carbocycles. The van der Waals surface area contributed by atoms with Gasteiger partial charge in [-0.1, -0.05) is 12.1 Å². The van der Waals surface area contributed by atoms with Crippen LogP contribution in [0.2, 0.25) is 0 Å². The number of nitrogens with zero attached hydrogens (tertiary/aromatic N) is 1. The summed E-state index contributed by atoms with van der Waals surface area (Å²) in [6.07, 6.45) is 0.0823. The molecule has 1 aromatic carbocycles. The summed E-state index contributed by atoms with van der Waals surface area (Å²) in [4.78, 5) is 27.3. The summed E-state index contributed by atoms with van der Waals surface area (Å²) >= 11 is 1.20. The van der Waals surface area contributed by atoms with Crippen LogP contribution in [0.15, 0.2) is 29.2 Å². The van der Waals surface area contributed by atoms with Gasteiger partial charge in [0, 0.05) is 5.75 Å². The number of thioether (sulfide) groups is 1. The normalized spacial score (nSPS) is 14.9. The fourth-order valence-corrected chi connectivity index (χ4v) is 3.52. The molecular formula is C20H27NO5S. The number of amides is 2. The van der Waals surface area contributed by atoms with Gasteiger partial charge in [-0.15, -0.1) is 11.8 Å². The number of ether oxygens (including phenoxy) is 2. The van der Waals surface area contributed by atoms with E-state index in [2.05, 4.69) is 0 Å². The Bertz CT molecular complexity index is 697. The Morgan fingerprint density at radius 3 is 2.26 bits per heavy atom. The Hall–Kier alpha value is -1.83. The number of hydrogen-bond acceptors (Lipinski definition) is 6. The molecule has 2 rings (SSSR count). The van der Waals surface area contributed by atoms with Crippen LogP contribution in [0, 0.1) is 0 Å². The van der Waals surface area contributed by atoms with Gasteiger partial charge in [0.15, 0.2) is 0 Å². The van der Waals surface area contributed by atoms with Crippen molar-refractivity contribution in [1.29, 1.82) is 0 Å². The van der Waals surface area contributed by atoms with Gasteiger partial charge in [-0.25, -0.2) is 0 Å². The van der Waals surface area contributed by atoms with Crippen LogP contribution in [-0.2, 0) is 14.3 Å². The highest BCUT2D eigenvalue weighted by atomic mass is 32.2. The molecule has 6 nitrogen and oxygen atoms in total. The average Bonchev–Trinajstić information content (AvgIpc) is 2.84. The second kappa shape index (κ2) is 9.92. The van der Waals surface area contributed by atoms with Gasteiger partial charge in [0.25, 0.3) is 11.8 Å². The minimum absolute atomic E-state index is 0.0296. The van der Waals surface area contributed by atoms with Gasteiger partial charge in [-0.05, 0) is 45.4 Å². The van der Waals surface area contributed by atoms with Crippen molar-refractivity contribution in [2.24, 2.45) is 0 Å². The van der Waals surface area contributed by atoms with E-state index in [1.165, 1.54) is 16.7 Å². The number of hydrogen-bond donors (Lipinski definition) is 1.